The van der Waals surface area contributed by atoms with Crippen molar-refractivity contribution < 1.29 is 18.3 Å². The number of aliphatic hydroxyl groups is 1. The molecule has 3 N–H and O–H groups in total. The van der Waals surface area contributed by atoms with E-state index in [0.717, 1.165) is 21.7 Å². The average molecular weight is 299 g/mol. The van der Waals surface area contributed by atoms with Crippen LogP contribution in [0.15, 0.2) is 10.3 Å². The minimum absolute atomic E-state index is 0.0207. The predicted molar refractivity (Wildman–Crippen MR) is 64.7 cm³/mol. The van der Waals surface area contributed by atoms with Crippen LogP contribution in [0.3, 0.4) is 0 Å². The number of rotatable bonds is 5. The first kappa shape index (κ1) is 14.4. The van der Waals surface area contributed by atoms with Gasteiger partial charge in [-0.25, -0.2) is 8.42 Å². The highest BCUT2D eigenvalue weighted by Crippen LogP contribution is 2.31. The molecule has 1 rings (SSSR count). The largest absolute Gasteiger partial charge is 0.395 e. The molecule has 9 heteroatoms. The minimum atomic E-state index is -3.74. The van der Waals surface area contributed by atoms with Gasteiger partial charge in [-0.05, 0) is 6.07 Å². The maximum Gasteiger partial charge on any atom is 0.252 e. The van der Waals surface area contributed by atoms with E-state index in [9.17, 15) is 13.2 Å². The van der Waals surface area contributed by atoms with Crippen molar-refractivity contribution in [3.8, 4) is 0 Å². The Bertz CT molecular complexity index is 526. The molecule has 17 heavy (non-hydrogen) atoms. The van der Waals surface area contributed by atoms with E-state index in [2.05, 4.69) is 0 Å². The normalized spacial score (nSPS) is 12.0. The number of sulfonamides is 1. The van der Waals surface area contributed by atoms with E-state index in [0.29, 0.717) is 0 Å². The molecule has 1 aromatic rings. The average Bonchev–Trinajstić information content (AvgIpc) is 2.61. The number of amides is 1. The topological polar surface area (TPSA) is 101 Å². The van der Waals surface area contributed by atoms with E-state index >= 15 is 0 Å². The monoisotopic (exact) mass is 298 g/mol. The highest BCUT2D eigenvalue weighted by molar-refractivity contribution is 7.91. The van der Waals surface area contributed by atoms with Crippen LogP contribution in [0.25, 0.3) is 0 Å². The molecule has 0 radical (unpaired) electrons. The van der Waals surface area contributed by atoms with Gasteiger partial charge in [-0.2, -0.15) is 4.31 Å². The Morgan fingerprint density at radius 3 is 2.65 bits per heavy atom. The molecular formula is C8H11ClN2O4S2. The number of nitrogens with zero attached hydrogens (tertiary/aromatic N) is 1. The molecule has 0 aliphatic carbocycles. The Hall–Kier alpha value is -0.670. The number of nitrogens with two attached hydrogens (primary N) is 1. The third-order valence-corrected chi connectivity index (χ3v) is 5.67. The number of primary amides is 1. The molecule has 0 unspecified atom stereocenters. The summed E-state index contributed by atoms with van der Waals surface area (Å²) in [6, 6.07) is 1.14. The van der Waals surface area contributed by atoms with E-state index < -0.39 is 15.9 Å². The lowest BCUT2D eigenvalue weighted by Crippen LogP contribution is -2.29. The molecule has 0 aliphatic heterocycles. The van der Waals surface area contributed by atoms with Crippen molar-refractivity contribution in [2.45, 2.75) is 4.21 Å². The first-order valence-electron chi connectivity index (χ1n) is 4.47. The molecule has 0 spiro atoms. The SMILES string of the molecule is CN(CCO)S(=O)(=O)c1cc(C(N)=O)c(Cl)s1. The van der Waals surface area contributed by atoms with Crippen LogP contribution in [0.5, 0.6) is 0 Å². The van der Waals surface area contributed by atoms with Gasteiger partial charge in [0.1, 0.15) is 8.55 Å². The van der Waals surface area contributed by atoms with Crippen LogP contribution >= 0.6 is 22.9 Å². The maximum atomic E-state index is 11.9. The molecule has 0 aliphatic rings. The van der Waals surface area contributed by atoms with Crippen molar-refractivity contribution in [3.05, 3.63) is 16.0 Å². The van der Waals surface area contributed by atoms with E-state index in [1.54, 1.807) is 0 Å². The predicted octanol–water partition coefficient (Wildman–Crippen LogP) is 0.113. The smallest absolute Gasteiger partial charge is 0.252 e. The number of hydrogen-bond acceptors (Lipinski definition) is 5. The first-order chi connectivity index (χ1) is 7.80. The third kappa shape index (κ3) is 2.96. The zero-order valence-electron chi connectivity index (χ0n) is 8.88. The summed E-state index contributed by atoms with van der Waals surface area (Å²) in [7, 11) is -2.41. The van der Waals surface area contributed by atoms with Gasteiger partial charge in [-0.1, -0.05) is 11.6 Å². The Morgan fingerprint density at radius 2 is 2.24 bits per heavy atom. The third-order valence-electron chi connectivity index (χ3n) is 2.01. The zero-order valence-corrected chi connectivity index (χ0v) is 11.3. The molecule has 96 valence electrons. The van der Waals surface area contributed by atoms with Gasteiger partial charge in [0.2, 0.25) is 0 Å². The summed E-state index contributed by atoms with van der Waals surface area (Å²) in [5, 5.41) is 8.69. The summed E-state index contributed by atoms with van der Waals surface area (Å²) in [5.41, 5.74) is 5.02. The molecule has 1 amide bonds. The summed E-state index contributed by atoms with van der Waals surface area (Å²) >= 11 is 6.47. The molecular weight excluding hydrogens is 288 g/mol. The number of likely N-dealkylation sites (N-methyl/N-ethyl adjacent to an activating group) is 1. The molecule has 1 heterocycles. The van der Waals surface area contributed by atoms with E-state index in [1.807, 2.05) is 0 Å². The lowest BCUT2D eigenvalue weighted by atomic mass is 10.3. The van der Waals surface area contributed by atoms with E-state index in [4.69, 9.17) is 22.4 Å². The summed E-state index contributed by atoms with van der Waals surface area (Å²) in [5.74, 6) is -0.780. The fraction of sp³-hybridized carbons (Fsp3) is 0.375. The van der Waals surface area contributed by atoms with Crippen LogP contribution in [-0.4, -0.2) is 43.9 Å². The van der Waals surface area contributed by atoms with Gasteiger partial charge >= 0.3 is 0 Å². The molecule has 0 aromatic carbocycles. The van der Waals surface area contributed by atoms with Gasteiger partial charge in [-0.3, -0.25) is 4.79 Å². The Balaban J connectivity index is 3.17. The highest BCUT2D eigenvalue weighted by atomic mass is 35.5. The van der Waals surface area contributed by atoms with Crippen molar-refractivity contribution in [3.63, 3.8) is 0 Å². The Kier molecular flexibility index (Phi) is 4.50. The van der Waals surface area contributed by atoms with Gasteiger partial charge in [0.25, 0.3) is 15.9 Å². The summed E-state index contributed by atoms with van der Waals surface area (Å²) < 4.78 is 24.8. The number of thiophene rings is 1. The molecule has 0 bridgehead atoms. The van der Waals surface area contributed by atoms with Gasteiger partial charge in [0, 0.05) is 13.6 Å². The van der Waals surface area contributed by atoms with Gasteiger partial charge in [0.15, 0.2) is 0 Å². The molecule has 0 saturated heterocycles. The molecule has 0 atom stereocenters. The molecule has 1 aromatic heterocycles. The van der Waals surface area contributed by atoms with Crippen LogP contribution in [0.2, 0.25) is 4.34 Å². The minimum Gasteiger partial charge on any atom is -0.395 e. The standard InChI is InChI=1S/C8H11ClN2O4S2/c1-11(2-3-12)17(14,15)6-4-5(8(10)13)7(9)16-6/h4,12H,2-3H2,1H3,(H2,10,13). The quantitative estimate of drug-likeness (QED) is 0.806. The van der Waals surface area contributed by atoms with Crippen LogP contribution in [-0.2, 0) is 10.0 Å². The Labute approximate surface area is 108 Å². The zero-order chi connectivity index (χ0) is 13.2. The molecule has 0 saturated carbocycles. The van der Waals surface area contributed by atoms with Crippen molar-refractivity contribution in [2.24, 2.45) is 5.73 Å². The lowest BCUT2D eigenvalue weighted by Gasteiger charge is -2.13. The van der Waals surface area contributed by atoms with Gasteiger partial charge in [-0.15, -0.1) is 11.3 Å². The lowest BCUT2D eigenvalue weighted by molar-refractivity contribution is 0.100. The number of halogens is 1. The Morgan fingerprint density at radius 1 is 1.65 bits per heavy atom. The van der Waals surface area contributed by atoms with E-state index in [-0.39, 0.29) is 27.3 Å². The number of carbonyl (C=O) groups excluding carboxylic acids is 1. The second-order valence-corrected chi connectivity index (χ2v) is 7.09. The van der Waals surface area contributed by atoms with Crippen LogP contribution < -0.4 is 5.73 Å². The highest BCUT2D eigenvalue weighted by Gasteiger charge is 2.25. The van der Waals surface area contributed by atoms with Crippen LogP contribution in [0.1, 0.15) is 10.4 Å². The maximum absolute atomic E-state index is 11.9. The first-order valence-corrected chi connectivity index (χ1v) is 7.10. The van der Waals surface area contributed by atoms with E-state index in [1.165, 1.54) is 7.05 Å². The molecule has 0 fully saturated rings. The summed E-state index contributed by atoms with van der Waals surface area (Å²) in [4.78, 5) is 11.0. The number of aliphatic hydroxyl groups excluding tert-OH is 1. The number of hydrogen-bond donors (Lipinski definition) is 2. The van der Waals surface area contributed by atoms with Crippen LogP contribution in [0, 0.1) is 0 Å². The summed E-state index contributed by atoms with van der Waals surface area (Å²) in [6.45, 7) is -0.332. The van der Waals surface area contributed by atoms with Crippen molar-refractivity contribution in [1.82, 2.24) is 4.31 Å². The fourth-order valence-electron chi connectivity index (χ4n) is 1.06. The summed E-state index contributed by atoms with van der Waals surface area (Å²) in [6.07, 6.45) is 0. The van der Waals surface area contributed by atoms with Crippen LogP contribution in [0.4, 0.5) is 0 Å². The van der Waals surface area contributed by atoms with Crippen molar-refractivity contribution >= 4 is 38.9 Å². The second kappa shape index (κ2) is 5.32. The fourth-order valence-corrected chi connectivity index (χ4v) is 4.16. The van der Waals surface area contributed by atoms with Gasteiger partial charge < -0.3 is 10.8 Å². The second-order valence-electron chi connectivity index (χ2n) is 3.17. The molecule has 6 nitrogen and oxygen atoms in total. The van der Waals surface area contributed by atoms with Gasteiger partial charge in [0.05, 0.1) is 12.2 Å². The number of carbonyl (C=O) groups is 1. The van der Waals surface area contributed by atoms with Crippen molar-refractivity contribution in [1.29, 1.82) is 0 Å². The van der Waals surface area contributed by atoms with Crippen molar-refractivity contribution in [2.75, 3.05) is 20.2 Å².